The van der Waals surface area contributed by atoms with Gasteiger partial charge in [-0.1, -0.05) is 60.7 Å². The molecule has 3 N–H and O–H groups in total. The lowest BCUT2D eigenvalue weighted by atomic mass is 10.0. The Balaban J connectivity index is 1.36. The molecular weight excluding hydrogens is 512 g/mol. The van der Waals surface area contributed by atoms with Gasteiger partial charge in [-0.15, -0.1) is 10.2 Å². The molecule has 1 aliphatic rings. The zero-order chi connectivity index (χ0) is 28.0. The number of amides is 1. The minimum atomic E-state index is -0.347. The van der Waals surface area contributed by atoms with Crippen LogP contribution in [-0.2, 0) is 30.6 Å². The van der Waals surface area contributed by atoms with Crippen LogP contribution in [0.25, 0.3) is 10.9 Å². The first kappa shape index (κ1) is 26.8. The predicted molar refractivity (Wildman–Crippen MR) is 160 cm³/mol. The molecule has 1 aliphatic heterocycles. The summed E-state index contributed by atoms with van der Waals surface area (Å²) in [5, 5.41) is 17.3. The second kappa shape index (κ2) is 12.4. The van der Waals surface area contributed by atoms with Crippen molar-refractivity contribution in [2.45, 2.75) is 50.7 Å². The molecule has 3 heterocycles. The summed E-state index contributed by atoms with van der Waals surface area (Å²) in [5.74, 6) is 2.49. The van der Waals surface area contributed by atoms with Gasteiger partial charge < -0.3 is 24.9 Å². The van der Waals surface area contributed by atoms with Crippen molar-refractivity contribution in [3.05, 3.63) is 113 Å². The van der Waals surface area contributed by atoms with E-state index < -0.39 is 0 Å². The van der Waals surface area contributed by atoms with Gasteiger partial charge in [-0.3, -0.25) is 4.79 Å². The topological polar surface area (TPSA) is 96.9 Å². The van der Waals surface area contributed by atoms with Crippen molar-refractivity contribution >= 4 is 16.8 Å². The highest BCUT2D eigenvalue weighted by molar-refractivity contribution is 5.84. The van der Waals surface area contributed by atoms with Gasteiger partial charge in [0.05, 0.1) is 25.7 Å². The molecule has 41 heavy (non-hydrogen) atoms. The summed E-state index contributed by atoms with van der Waals surface area (Å²) in [6.07, 6.45) is 6.08. The third kappa shape index (κ3) is 6.18. The second-order valence-corrected chi connectivity index (χ2v) is 10.7. The first-order valence-electron chi connectivity index (χ1n) is 14.4. The number of aromatic nitrogens is 4. The van der Waals surface area contributed by atoms with Crippen molar-refractivity contribution in [2.24, 2.45) is 0 Å². The van der Waals surface area contributed by atoms with Crippen LogP contribution in [0.5, 0.6) is 5.75 Å². The van der Waals surface area contributed by atoms with Crippen LogP contribution in [-0.4, -0.2) is 45.4 Å². The van der Waals surface area contributed by atoms with E-state index in [1.165, 1.54) is 5.56 Å². The van der Waals surface area contributed by atoms with Crippen LogP contribution in [0.2, 0.25) is 0 Å². The highest BCUT2D eigenvalue weighted by atomic mass is 16.5. The SMILES string of the molecule is COc1ccc(Cn2c(CCc3ccccc3)nnc2[C@@H](Cc2c[nH]c3ccccc23)NC(=O)[C@@H]2CCCN2)cc1. The Labute approximate surface area is 240 Å². The third-order valence-electron chi connectivity index (χ3n) is 7.94. The molecule has 2 aromatic heterocycles. The van der Waals surface area contributed by atoms with Gasteiger partial charge in [-0.05, 0) is 60.7 Å². The van der Waals surface area contributed by atoms with Gasteiger partial charge in [0, 0.05) is 29.9 Å². The number of hydrogen-bond acceptors (Lipinski definition) is 5. The van der Waals surface area contributed by atoms with Crippen molar-refractivity contribution in [3.63, 3.8) is 0 Å². The minimum absolute atomic E-state index is 0.0113. The summed E-state index contributed by atoms with van der Waals surface area (Å²) in [7, 11) is 1.67. The number of nitrogens with one attached hydrogen (secondary N) is 3. The van der Waals surface area contributed by atoms with Crippen LogP contribution in [0, 0.1) is 0 Å². The normalized spacial score (nSPS) is 15.7. The van der Waals surface area contributed by atoms with Gasteiger partial charge in [-0.2, -0.15) is 0 Å². The number of benzene rings is 3. The van der Waals surface area contributed by atoms with Crippen molar-refractivity contribution < 1.29 is 9.53 Å². The fourth-order valence-corrected chi connectivity index (χ4v) is 5.69. The minimum Gasteiger partial charge on any atom is -0.497 e. The Morgan fingerprint density at radius 3 is 2.59 bits per heavy atom. The zero-order valence-corrected chi connectivity index (χ0v) is 23.3. The molecule has 0 radical (unpaired) electrons. The maximum absolute atomic E-state index is 13.4. The summed E-state index contributed by atoms with van der Waals surface area (Å²) < 4.78 is 7.56. The van der Waals surface area contributed by atoms with Gasteiger partial charge in [-0.25, -0.2) is 0 Å². The number of carbonyl (C=O) groups excluding carboxylic acids is 1. The number of para-hydroxylation sites is 1. The molecule has 0 aliphatic carbocycles. The average Bonchev–Trinajstić information content (AvgIpc) is 3.78. The quantitative estimate of drug-likeness (QED) is 0.221. The van der Waals surface area contributed by atoms with Crippen LogP contribution >= 0.6 is 0 Å². The molecule has 8 heteroatoms. The van der Waals surface area contributed by atoms with E-state index in [1.54, 1.807) is 7.11 Å². The number of aryl methyl sites for hydroxylation is 2. The summed E-state index contributed by atoms with van der Waals surface area (Å²) in [6.45, 7) is 1.46. The highest BCUT2D eigenvalue weighted by Crippen LogP contribution is 2.26. The Morgan fingerprint density at radius 2 is 1.80 bits per heavy atom. The van der Waals surface area contributed by atoms with Gasteiger partial charge in [0.25, 0.3) is 0 Å². The molecule has 5 aromatic rings. The lowest BCUT2D eigenvalue weighted by Crippen LogP contribution is -2.43. The second-order valence-electron chi connectivity index (χ2n) is 10.7. The van der Waals surface area contributed by atoms with Gasteiger partial charge >= 0.3 is 0 Å². The zero-order valence-electron chi connectivity index (χ0n) is 23.3. The molecule has 0 unspecified atom stereocenters. The molecule has 0 bridgehead atoms. The van der Waals surface area contributed by atoms with E-state index in [4.69, 9.17) is 14.9 Å². The van der Waals surface area contributed by atoms with E-state index in [0.717, 1.165) is 71.7 Å². The molecule has 2 atom stereocenters. The van der Waals surface area contributed by atoms with E-state index in [1.807, 2.05) is 36.5 Å². The molecule has 1 saturated heterocycles. The number of carbonyl (C=O) groups is 1. The molecular formula is C33H36N6O2. The largest absolute Gasteiger partial charge is 0.497 e. The summed E-state index contributed by atoms with van der Waals surface area (Å²) >= 11 is 0. The average molecular weight is 549 g/mol. The molecule has 6 rings (SSSR count). The maximum Gasteiger partial charge on any atom is 0.237 e. The monoisotopic (exact) mass is 548 g/mol. The Kier molecular flexibility index (Phi) is 8.09. The van der Waals surface area contributed by atoms with E-state index in [2.05, 4.69) is 68.7 Å². The number of aromatic amines is 1. The van der Waals surface area contributed by atoms with E-state index in [-0.39, 0.29) is 18.0 Å². The van der Waals surface area contributed by atoms with Gasteiger partial charge in [0.15, 0.2) is 5.82 Å². The standard InChI is InChI=1S/C33H36N6O2/c1-41-26-16-13-24(14-17-26)22-39-31(18-15-23-8-3-2-4-9-23)37-38-32(39)30(36-33(40)29-12-7-19-34-29)20-25-21-35-28-11-6-5-10-27(25)28/h2-6,8-11,13-14,16-17,21,29-30,34-35H,7,12,15,18-20,22H2,1H3,(H,36,40)/t29-,30+/m0/s1. The molecule has 210 valence electrons. The molecule has 0 saturated carbocycles. The predicted octanol–water partition coefficient (Wildman–Crippen LogP) is 4.75. The lowest BCUT2D eigenvalue weighted by molar-refractivity contribution is -0.123. The molecule has 3 aromatic carbocycles. The Bertz CT molecular complexity index is 1590. The smallest absolute Gasteiger partial charge is 0.237 e. The van der Waals surface area contributed by atoms with Crippen LogP contribution in [0.4, 0.5) is 0 Å². The molecule has 0 spiro atoms. The fraction of sp³-hybridized carbons (Fsp3) is 0.303. The number of rotatable bonds is 11. The van der Waals surface area contributed by atoms with E-state index in [9.17, 15) is 4.79 Å². The summed E-state index contributed by atoms with van der Waals surface area (Å²) in [5.41, 5.74) is 4.58. The number of methoxy groups -OCH3 is 1. The Hall–Kier alpha value is -4.43. The van der Waals surface area contributed by atoms with Crippen molar-refractivity contribution in [1.29, 1.82) is 0 Å². The van der Waals surface area contributed by atoms with Crippen LogP contribution in [0.15, 0.2) is 85.1 Å². The maximum atomic E-state index is 13.4. The van der Waals surface area contributed by atoms with Crippen molar-refractivity contribution in [2.75, 3.05) is 13.7 Å². The molecule has 1 fully saturated rings. The highest BCUT2D eigenvalue weighted by Gasteiger charge is 2.29. The first-order valence-corrected chi connectivity index (χ1v) is 14.4. The number of fused-ring (bicyclic) bond motifs is 1. The number of nitrogens with zero attached hydrogens (tertiary/aromatic N) is 3. The summed E-state index contributed by atoms with van der Waals surface area (Å²) in [4.78, 5) is 16.8. The van der Waals surface area contributed by atoms with E-state index in [0.29, 0.717) is 13.0 Å². The van der Waals surface area contributed by atoms with Gasteiger partial charge in [0.1, 0.15) is 11.6 Å². The first-order chi connectivity index (χ1) is 20.2. The molecule has 1 amide bonds. The van der Waals surface area contributed by atoms with Crippen molar-refractivity contribution in [1.82, 2.24) is 30.4 Å². The Morgan fingerprint density at radius 1 is 1.00 bits per heavy atom. The number of H-pyrrole nitrogens is 1. The van der Waals surface area contributed by atoms with Crippen LogP contribution in [0.1, 0.15) is 47.2 Å². The van der Waals surface area contributed by atoms with Crippen LogP contribution in [0.3, 0.4) is 0 Å². The van der Waals surface area contributed by atoms with Gasteiger partial charge in [0.2, 0.25) is 5.91 Å². The third-order valence-corrected chi connectivity index (χ3v) is 7.94. The number of ether oxygens (including phenoxy) is 1. The van der Waals surface area contributed by atoms with Crippen LogP contribution < -0.4 is 15.4 Å². The van der Waals surface area contributed by atoms with E-state index >= 15 is 0 Å². The summed E-state index contributed by atoms with van der Waals surface area (Å²) in [6, 6.07) is 26.2. The number of hydrogen-bond donors (Lipinski definition) is 3. The van der Waals surface area contributed by atoms with Crippen molar-refractivity contribution in [3.8, 4) is 5.75 Å². The lowest BCUT2D eigenvalue weighted by Gasteiger charge is -2.22. The fourth-order valence-electron chi connectivity index (χ4n) is 5.69. The molecule has 8 nitrogen and oxygen atoms in total.